The summed E-state index contributed by atoms with van der Waals surface area (Å²) >= 11 is 0. The molecule has 5 nitrogen and oxygen atoms in total. The van der Waals surface area contributed by atoms with Gasteiger partial charge in [-0.1, -0.05) is 18.2 Å². The molecule has 0 spiro atoms. The molecule has 0 bridgehead atoms. The van der Waals surface area contributed by atoms with Gasteiger partial charge in [0.05, 0.1) is 0 Å². The molecule has 1 aromatic carbocycles. The zero-order valence-corrected chi connectivity index (χ0v) is 7.91. The van der Waals surface area contributed by atoms with Crippen LogP contribution in [0, 0.1) is 17.7 Å². The van der Waals surface area contributed by atoms with E-state index in [9.17, 15) is 0 Å². The summed E-state index contributed by atoms with van der Waals surface area (Å²) in [7, 11) is 0. The Morgan fingerprint density at radius 2 is 1.57 bits per heavy atom. The molecule has 7 N–H and O–H groups in total. The predicted molar refractivity (Wildman–Crippen MR) is 56.7 cm³/mol. The lowest BCUT2D eigenvalue weighted by Crippen LogP contribution is -2.28. The summed E-state index contributed by atoms with van der Waals surface area (Å²) in [6, 6.07) is 7.25. The first-order valence-corrected chi connectivity index (χ1v) is 3.88. The highest BCUT2D eigenvalue weighted by Crippen LogP contribution is 2.12. The number of aromatic hydroxyl groups is 1. The molecule has 14 heavy (non-hydrogen) atoms. The number of hydrogen-bond donors (Lipinski definition) is 5. The van der Waals surface area contributed by atoms with Crippen LogP contribution in [0.1, 0.15) is 5.56 Å². The van der Waals surface area contributed by atoms with Crippen LogP contribution in [-0.4, -0.2) is 16.8 Å². The van der Waals surface area contributed by atoms with Crippen LogP contribution in [0.15, 0.2) is 24.3 Å². The summed E-state index contributed by atoms with van der Waals surface area (Å²) in [4.78, 5) is 0. The van der Waals surface area contributed by atoms with E-state index < -0.39 is 0 Å². The quantitative estimate of drug-likeness (QED) is 0.306. The fourth-order valence-corrected chi connectivity index (χ4v) is 0.563. The molecule has 0 atom stereocenters. The maximum atomic E-state index is 8.92. The molecule has 0 aliphatic carbocycles. The Morgan fingerprint density at radius 3 is 1.79 bits per heavy atom. The van der Waals surface area contributed by atoms with Gasteiger partial charge in [0.15, 0.2) is 11.7 Å². The van der Waals surface area contributed by atoms with E-state index in [1.54, 1.807) is 6.07 Å². The molecule has 0 amide bonds. The molecule has 5 heteroatoms. The van der Waals surface area contributed by atoms with Crippen molar-refractivity contribution < 1.29 is 5.11 Å². The standard InChI is InChI=1S/C7H8O.C2H6N4/c1-6-4-2-3-5-7(6)8;3-1(4)2(5)6/h2-5,8H,1H3;(H3,3,4)(H3,5,6). The molecular weight excluding hydrogens is 180 g/mol. The maximum absolute atomic E-state index is 8.92. The number of nitrogens with two attached hydrogens (primary N) is 2. The van der Waals surface area contributed by atoms with Crippen LogP contribution in [0.4, 0.5) is 0 Å². The molecular formula is C9H14N4O. The normalized spacial score (nSPS) is 8.36. The Bertz CT molecular complexity index is 302. The van der Waals surface area contributed by atoms with E-state index in [0.717, 1.165) is 5.56 Å². The van der Waals surface area contributed by atoms with Gasteiger partial charge in [0.1, 0.15) is 5.75 Å². The molecule has 0 aliphatic rings. The minimum Gasteiger partial charge on any atom is -0.508 e. The zero-order chi connectivity index (χ0) is 11.1. The van der Waals surface area contributed by atoms with Crippen molar-refractivity contribution in [1.29, 1.82) is 10.8 Å². The molecule has 1 aromatic rings. The highest BCUT2D eigenvalue weighted by atomic mass is 16.3. The summed E-state index contributed by atoms with van der Waals surface area (Å²) in [5.74, 6) is -0.391. The molecule has 0 aromatic heterocycles. The van der Waals surface area contributed by atoms with Crippen molar-refractivity contribution in [3.8, 4) is 5.75 Å². The van der Waals surface area contributed by atoms with Crippen LogP contribution in [0.5, 0.6) is 5.75 Å². The molecule has 0 radical (unpaired) electrons. The van der Waals surface area contributed by atoms with Gasteiger partial charge >= 0.3 is 0 Å². The maximum Gasteiger partial charge on any atom is 0.158 e. The Labute approximate surface area is 82.4 Å². The van der Waals surface area contributed by atoms with Gasteiger partial charge in [-0.3, -0.25) is 10.8 Å². The van der Waals surface area contributed by atoms with Gasteiger partial charge in [0.2, 0.25) is 0 Å². The first-order chi connectivity index (χ1) is 6.45. The number of nitrogens with one attached hydrogen (secondary N) is 2. The summed E-state index contributed by atoms with van der Waals surface area (Å²) in [5.41, 5.74) is 10.3. The number of phenols is 1. The third-order valence-corrected chi connectivity index (χ3v) is 1.41. The Hall–Kier alpha value is -2.04. The van der Waals surface area contributed by atoms with Crippen molar-refractivity contribution in [2.75, 3.05) is 0 Å². The zero-order valence-electron chi connectivity index (χ0n) is 7.91. The minimum absolute atomic E-state index is 0.368. The third-order valence-electron chi connectivity index (χ3n) is 1.41. The molecule has 0 unspecified atom stereocenters. The summed E-state index contributed by atoms with van der Waals surface area (Å²) < 4.78 is 0. The van der Waals surface area contributed by atoms with Crippen molar-refractivity contribution in [1.82, 2.24) is 0 Å². The van der Waals surface area contributed by atoms with Crippen LogP contribution < -0.4 is 11.5 Å². The molecule has 0 saturated carbocycles. The average molecular weight is 194 g/mol. The van der Waals surface area contributed by atoms with Gasteiger partial charge in [-0.15, -0.1) is 0 Å². The number of rotatable bonds is 0. The smallest absolute Gasteiger partial charge is 0.158 e. The van der Waals surface area contributed by atoms with Crippen LogP contribution in [0.3, 0.4) is 0 Å². The van der Waals surface area contributed by atoms with Crippen LogP contribution in [-0.2, 0) is 0 Å². The predicted octanol–water partition coefficient (Wildman–Crippen LogP) is 0.559. The Kier molecular flexibility index (Phi) is 4.77. The van der Waals surface area contributed by atoms with Gasteiger partial charge in [-0.05, 0) is 18.6 Å². The molecule has 76 valence electrons. The monoisotopic (exact) mass is 194 g/mol. The van der Waals surface area contributed by atoms with Gasteiger partial charge in [-0.25, -0.2) is 0 Å². The van der Waals surface area contributed by atoms with Gasteiger partial charge < -0.3 is 16.6 Å². The lowest BCUT2D eigenvalue weighted by atomic mass is 10.2. The fourth-order valence-electron chi connectivity index (χ4n) is 0.563. The highest BCUT2D eigenvalue weighted by molar-refractivity contribution is 6.36. The fraction of sp³-hybridized carbons (Fsp3) is 0.111. The SMILES string of the molecule is Cc1ccccc1O.N=C(N)C(=N)N. The second-order valence-electron chi connectivity index (χ2n) is 2.61. The van der Waals surface area contributed by atoms with Gasteiger partial charge in [0, 0.05) is 0 Å². The lowest BCUT2D eigenvalue weighted by molar-refractivity contribution is 0.471. The third kappa shape index (κ3) is 4.76. The molecule has 1 rings (SSSR count). The number of hydrogen-bond acceptors (Lipinski definition) is 3. The van der Waals surface area contributed by atoms with E-state index in [-0.39, 0.29) is 11.7 Å². The van der Waals surface area contributed by atoms with Crippen LogP contribution >= 0.6 is 0 Å². The van der Waals surface area contributed by atoms with Crippen molar-refractivity contribution in [3.63, 3.8) is 0 Å². The van der Waals surface area contributed by atoms with Crippen molar-refractivity contribution >= 4 is 11.7 Å². The van der Waals surface area contributed by atoms with E-state index in [0.29, 0.717) is 5.75 Å². The number of benzene rings is 1. The van der Waals surface area contributed by atoms with Gasteiger partial charge in [0.25, 0.3) is 0 Å². The van der Waals surface area contributed by atoms with Crippen LogP contribution in [0.2, 0.25) is 0 Å². The molecule has 0 saturated heterocycles. The van der Waals surface area contributed by atoms with E-state index in [1.807, 2.05) is 25.1 Å². The van der Waals surface area contributed by atoms with Crippen molar-refractivity contribution in [3.05, 3.63) is 29.8 Å². The second kappa shape index (κ2) is 5.58. The largest absolute Gasteiger partial charge is 0.508 e. The lowest BCUT2D eigenvalue weighted by Gasteiger charge is -1.92. The molecule has 0 heterocycles. The minimum atomic E-state index is -0.380. The highest BCUT2D eigenvalue weighted by Gasteiger charge is 1.87. The summed E-state index contributed by atoms with van der Waals surface area (Å²) in [6.45, 7) is 1.87. The number of aryl methyl sites for hydroxylation is 1. The molecule has 0 fully saturated rings. The van der Waals surface area contributed by atoms with Crippen molar-refractivity contribution in [2.24, 2.45) is 11.5 Å². The van der Waals surface area contributed by atoms with E-state index >= 15 is 0 Å². The number of amidine groups is 2. The topological polar surface area (TPSA) is 120 Å². The Balaban J connectivity index is 0.000000255. The first kappa shape index (κ1) is 12.0. The average Bonchev–Trinajstić information content (AvgIpc) is 2.11. The van der Waals surface area contributed by atoms with E-state index in [1.165, 1.54) is 0 Å². The van der Waals surface area contributed by atoms with Gasteiger partial charge in [-0.2, -0.15) is 0 Å². The second-order valence-corrected chi connectivity index (χ2v) is 2.61. The van der Waals surface area contributed by atoms with Crippen molar-refractivity contribution in [2.45, 2.75) is 6.92 Å². The summed E-state index contributed by atoms with van der Waals surface area (Å²) in [5, 5.41) is 21.7. The number of para-hydroxylation sites is 1. The Morgan fingerprint density at radius 1 is 1.14 bits per heavy atom. The van der Waals surface area contributed by atoms with E-state index in [4.69, 9.17) is 15.9 Å². The summed E-state index contributed by atoms with van der Waals surface area (Å²) in [6.07, 6.45) is 0. The van der Waals surface area contributed by atoms with E-state index in [2.05, 4.69) is 11.5 Å². The van der Waals surface area contributed by atoms with Crippen LogP contribution in [0.25, 0.3) is 0 Å². The molecule has 0 aliphatic heterocycles. The number of phenolic OH excluding ortho intramolecular Hbond substituents is 1. The first-order valence-electron chi connectivity index (χ1n) is 3.88.